The lowest BCUT2D eigenvalue weighted by Gasteiger charge is -2.17. The van der Waals surface area contributed by atoms with Crippen molar-refractivity contribution in [3.05, 3.63) is 66.0 Å². The van der Waals surface area contributed by atoms with Crippen LogP contribution in [-0.4, -0.2) is 5.91 Å². The van der Waals surface area contributed by atoms with Crippen LogP contribution in [0.15, 0.2) is 54.9 Å². The predicted octanol–water partition coefficient (Wildman–Crippen LogP) is 2.66. The standard InChI is InChI=1S/C16H18N2O/c1-16(2,3)14-9-11-18(12-10-14)17-15(19)13-7-5-4-6-8-13/h4-12H,1-3H3/p+1. The molecule has 2 rings (SSSR count). The second-order valence-electron chi connectivity index (χ2n) is 5.55. The van der Waals surface area contributed by atoms with E-state index in [-0.39, 0.29) is 11.3 Å². The molecule has 0 fully saturated rings. The fourth-order valence-corrected chi connectivity index (χ4v) is 1.77. The Bertz CT molecular complexity index is 554. The fourth-order valence-electron chi connectivity index (χ4n) is 1.77. The Morgan fingerprint density at radius 1 is 1.00 bits per heavy atom. The number of rotatable bonds is 2. The minimum atomic E-state index is -0.117. The molecule has 19 heavy (non-hydrogen) atoms. The van der Waals surface area contributed by atoms with Gasteiger partial charge < -0.3 is 0 Å². The molecule has 0 aliphatic carbocycles. The lowest BCUT2D eigenvalue weighted by Crippen LogP contribution is -2.47. The smallest absolute Gasteiger partial charge is 0.264 e. The van der Waals surface area contributed by atoms with Gasteiger partial charge in [0.1, 0.15) is 0 Å². The summed E-state index contributed by atoms with van der Waals surface area (Å²) in [5.41, 5.74) is 4.81. The maximum absolute atomic E-state index is 12.0. The molecule has 0 aliphatic rings. The Hall–Kier alpha value is -2.16. The van der Waals surface area contributed by atoms with E-state index in [2.05, 4.69) is 26.2 Å². The summed E-state index contributed by atoms with van der Waals surface area (Å²) in [5, 5.41) is 0. The molecular weight excluding hydrogens is 236 g/mol. The monoisotopic (exact) mass is 255 g/mol. The molecule has 1 amide bonds. The molecule has 0 saturated heterocycles. The zero-order valence-corrected chi connectivity index (χ0v) is 11.6. The molecule has 3 heteroatoms. The number of aromatic nitrogens is 1. The van der Waals surface area contributed by atoms with Crippen molar-refractivity contribution in [3.63, 3.8) is 0 Å². The number of carbonyl (C=O) groups is 1. The number of benzene rings is 1. The van der Waals surface area contributed by atoms with Crippen LogP contribution in [0.5, 0.6) is 0 Å². The molecule has 1 aromatic carbocycles. The third-order valence-corrected chi connectivity index (χ3v) is 2.96. The second-order valence-corrected chi connectivity index (χ2v) is 5.55. The summed E-state index contributed by atoms with van der Waals surface area (Å²) >= 11 is 0. The number of amides is 1. The van der Waals surface area contributed by atoms with Crippen LogP contribution in [0.3, 0.4) is 0 Å². The van der Waals surface area contributed by atoms with Gasteiger partial charge in [0, 0.05) is 17.7 Å². The Morgan fingerprint density at radius 3 is 2.11 bits per heavy atom. The first kappa shape index (κ1) is 13.3. The quantitative estimate of drug-likeness (QED) is 0.822. The van der Waals surface area contributed by atoms with E-state index in [9.17, 15) is 4.79 Å². The van der Waals surface area contributed by atoms with Crippen LogP contribution in [0.4, 0.5) is 0 Å². The average Bonchev–Trinajstić information content (AvgIpc) is 2.39. The van der Waals surface area contributed by atoms with Gasteiger partial charge >= 0.3 is 5.91 Å². The first-order valence-corrected chi connectivity index (χ1v) is 6.35. The zero-order valence-electron chi connectivity index (χ0n) is 11.6. The Morgan fingerprint density at radius 2 is 1.58 bits per heavy atom. The Labute approximate surface area is 113 Å². The Kier molecular flexibility index (Phi) is 3.65. The highest BCUT2D eigenvalue weighted by atomic mass is 16.2. The van der Waals surface area contributed by atoms with Crippen molar-refractivity contribution in [1.29, 1.82) is 0 Å². The number of hydrogen-bond acceptors (Lipinski definition) is 1. The molecule has 3 nitrogen and oxygen atoms in total. The minimum absolute atomic E-state index is 0.114. The summed E-state index contributed by atoms with van der Waals surface area (Å²) in [7, 11) is 0. The van der Waals surface area contributed by atoms with Crippen molar-refractivity contribution in [2.24, 2.45) is 0 Å². The normalized spacial score (nSPS) is 11.1. The van der Waals surface area contributed by atoms with E-state index in [4.69, 9.17) is 0 Å². The van der Waals surface area contributed by atoms with Crippen LogP contribution in [-0.2, 0) is 5.41 Å². The molecule has 0 aliphatic heterocycles. The van der Waals surface area contributed by atoms with E-state index >= 15 is 0 Å². The summed E-state index contributed by atoms with van der Waals surface area (Å²) in [6.45, 7) is 6.49. The van der Waals surface area contributed by atoms with Crippen LogP contribution in [0, 0.1) is 0 Å². The average molecular weight is 255 g/mol. The van der Waals surface area contributed by atoms with E-state index < -0.39 is 0 Å². The Balaban J connectivity index is 2.10. The maximum Gasteiger partial charge on any atom is 0.305 e. The molecule has 0 bridgehead atoms. The molecule has 0 saturated carbocycles. The highest BCUT2D eigenvalue weighted by molar-refractivity contribution is 5.98. The van der Waals surface area contributed by atoms with Crippen LogP contribution in [0.2, 0.25) is 0 Å². The largest absolute Gasteiger partial charge is 0.305 e. The second kappa shape index (κ2) is 5.22. The molecule has 2 aromatic rings. The fraction of sp³-hybridized carbons (Fsp3) is 0.250. The molecule has 1 aromatic heterocycles. The molecule has 0 atom stereocenters. The number of nitrogens with zero attached hydrogens (tertiary/aromatic N) is 1. The number of hydrogen-bond donors (Lipinski definition) is 1. The highest BCUT2D eigenvalue weighted by Gasteiger charge is 2.16. The highest BCUT2D eigenvalue weighted by Crippen LogP contribution is 2.19. The van der Waals surface area contributed by atoms with E-state index in [0.29, 0.717) is 5.56 Å². The van der Waals surface area contributed by atoms with Crippen LogP contribution in [0.25, 0.3) is 0 Å². The van der Waals surface area contributed by atoms with Crippen molar-refractivity contribution in [1.82, 2.24) is 0 Å². The first-order valence-electron chi connectivity index (χ1n) is 6.35. The van der Waals surface area contributed by atoms with Crippen molar-refractivity contribution in [2.75, 3.05) is 5.43 Å². The van der Waals surface area contributed by atoms with Crippen LogP contribution >= 0.6 is 0 Å². The third kappa shape index (κ3) is 3.41. The molecule has 0 spiro atoms. The number of pyridine rings is 1. The van der Waals surface area contributed by atoms with Crippen LogP contribution < -0.4 is 10.1 Å². The molecule has 1 N–H and O–H groups in total. The van der Waals surface area contributed by atoms with Gasteiger partial charge in [-0.1, -0.05) is 43.6 Å². The molecular formula is C16H19N2O+. The van der Waals surface area contributed by atoms with Crippen molar-refractivity contribution < 1.29 is 9.47 Å². The zero-order chi connectivity index (χ0) is 13.9. The van der Waals surface area contributed by atoms with Gasteiger partial charge in [0.15, 0.2) is 12.4 Å². The summed E-state index contributed by atoms with van der Waals surface area (Å²) in [5.74, 6) is -0.117. The third-order valence-electron chi connectivity index (χ3n) is 2.96. The summed E-state index contributed by atoms with van der Waals surface area (Å²) in [4.78, 5) is 12.0. The van der Waals surface area contributed by atoms with E-state index in [1.165, 1.54) is 5.56 Å². The van der Waals surface area contributed by atoms with Gasteiger partial charge in [-0.05, 0) is 23.1 Å². The van der Waals surface area contributed by atoms with Crippen molar-refractivity contribution in [3.8, 4) is 0 Å². The van der Waals surface area contributed by atoms with Gasteiger partial charge in [-0.2, -0.15) is 0 Å². The summed E-state index contributed by atoms with van der Waals surface area (Å²) < 4.78 is 1.67. The summed E-state index contributed by atoms with van der Waals surface area (Å²) in [6.07, 6.45) is 3.73. The minimum Gasteiger partial charge on any atom is -0.264 e. The van der Waals surface area contributed by atoms with Gasteiger partial charge in [-0.15, -0.1) is 5.43 Å². The topological polar surface area (TPSA) is 33.0 Å². The van der Waals surface area contributed by atoms with Gasteiger partial charge in [0.2, 0.25) is 0 Å². The molecule has 0 unspecified atom stereocenters. The van der Waals surface area contributed by atoms with Gasteiger partial charge in [-0.3, -0.25) is 4.79 Å². The van der Waals surface area contributed by atoms with Gasteiger partial charge in [0.05, 0.1) is 0 Å². The SMILES string of the molecule is CC(C)(C)c1cc[n+](NC(=O)c2ccccc2)cc1. The molecule has 1 heterocycles. The summed E-state index contributed by atoms with van der Waals surface area (Å²) in [6, 6.07) is 13.2. The van der Waals surface area contributed by atoms with Crippen molar-refractivity contribution >= 4 is 5.91 Å². The number of nitrogens with one attached hydrogen (secondary N) is 1. The lowest BCUT2D eigenvalue weighted by molar-refractivity contribution is -0.641. The van der Waals surface area contributed by atoms with Crippen molar-refractivity contribution in [2.45, 2.75) is 26.2 Å². The predicted molar refractivity (Wildman–Crippen MR) is 75.5 cm³/mol. The van der Waals surface area contributed by atoms with E-state index in [0.717, 1.165) is 0 Å². The maximum atomic E-state index is 12.0. The van der Waals surface area contributed by atoms with E-state index in [1.807, 2.05) is 42.7 Å². The molecule has 0 radical (unpaired) electrons. The molecule has 98 valence electrons. The van der Waals surface area contributed by atoms with Crippen LogP contribution in [0.1, 0.15) is 36.7 Å². The number of carbonyl (C=O) groups excluding carboxylic acids is 1. The van der Waals surface area contributed by atoms with Gasteiger partial charge in [0.25, 0.3) is 0 Å². The van der Waals surface area contributed by atoms with E-state index in [1.54, 1.807) is 16.8 Å². The first-order chi connectivity index (χ1) is 8.97. The van der Waals surface area contributed by atoms with Gasteiger partial charge in [-0.25, -0.2) is 0 Å². The lowest BCUT2D eigenvalue weighted by atomic mass is 9.88.